The number of carboxylic acid groups (broad SMARTS) is 1. The van der Waals surface area contributed by atoms with Crippen molar-refractivity contribution in [2.45, 2.75) is 106 Å². The molecule has 12 heteroatoms. The molecule has 254 valence electrons. The van der Waals surface area contributed by atoms with Gasteiger partial charge in [-0.25, -0.2) is 0 Å². The molecule has 10 nitrogen and oxygen atoms in total. The Labute approximate surface area is 294 Å². The molecule has 2 heterocycles. The smallest absolute Gasteiger partial charge is 0.323 e. The molecule has 1 fully saturated rings. The summed E-state index contributed by atoms with van der Waals surface area (Å²) < 4.78 is 8.07. The number of rotatable bonds is 10. The van der Waals surface area contributed by atoms with Gasteiger partial charge < -0.3 is 9.84 Å². The summed E-state index contributed by atoms with van der Waals surface area (Å²) in [6.45, 7) is 9.37. The van der Waals surface area contributed by atoms with E-state index in [1.54, 1.807) is 13.8 Å². The monoisotopic (exact) mass is 696 g/mol. The van der Waals surface area contributed by atoms with Crippen molar-refractivity contribution in [3.05, 3.63) is 82.4 Å². The minimum Gasteiger partial charge on any atom is -0.480 e. The van der Waals surface area contributed by atoms with Crippen LogP contribution in [-0.2, 0) is 33.8 Å². The van der Waals surface area contributed by atoms with Gasteiger partial charge in [-0.15, -0.1) is 20.4 Å². The number of aliphatic carboxylic acids is 1. The quantitative estimate of drug-likeness (QED) is 0.116. The Morgan fingerprint density at radius 3 is 2.20 bits per heavy atom. The van der Waals surface area contributed by atoms with Crippen LogP contribution in [0.1, 0.15) is 79.9 Å². The number of hydrogen-bond acceptors (Lipinski definition) is 9. The molecule has 3 aromatic carbocycles. The van der Waals surface area contributed by atoms with Gasteiger partial charge in [0.1, 0.15) is 15.3 Å². The molecule has 0 unspecified atom stereocenters. The fraction of sp³-hybridized carbons (Fsp3) is 0.405. The van der Waals surface area contributed by atoms with Gasteiger partial charge in [-0.1, -0.05) is 59.9 Å². The largest absolute Gasteiger partial charge is 0.480 e. The van der Waals surface area contributed by atoms with Crippen LogP contribution in [-0.4, -0.2) is 56.1 Å². The lowest BCUT2D eigenvalue weighted by Gasteiger charge is -2.37. The van der Waals surface area contributed by atoms with Crippen molar-refractivity contribution >= 4 is 46.2 Å². The van der Waals surface area contributed by atoms with Crippen LogP contribution in [0.3, 0.4) is 0 Å². The number of carboxylic acids is 1. The van der Waals surface area contributed by atoms with E-state index in [1.807, 2.05) is 28.2 Å². The van der Waals surface area contributed by atoms with Crippen molar-refractivity contribution < 1.29 is 19.4 Å². The summed E-state index contributed by atoms with van der Waals surface area (Å²) in [7, 11) is 0. The van der Waals surface area contributed by atoms with Crippen molar-refractivity contribution in [3.8, 4) is 11.4 Å². The van der Waals surface area contributed by atoms with Gasteiger partial charge in [0.25, 0.3) is 0 Å². The molecule has 0 saturated heterocycles. The van der Waals surface area contributed by atoms with Gasteiger partial charge in [-0.2, -0.15) is 0 Å². The number of nitrogens with zero attached hydrogens (tertiary/aromatic N) is 6. The van der Waals surface area contributed by atoms with Gasteiger partial charge in [0.15, 0.2) is 22.7 Å². The summed E-state index contributed by atoms with van der Waals surface area (Å²) in [5, 5.41) is 31.1. The molecule has 49 heavy (non-hydrogen) atoms. The third-order valence-electron chi connectivity index (χ3n) is 9.85. The van der Waals surface area contributed by atoms with Gasteiger partial charge in [0.2, 0.25) is 0 Å². The lowest BCUT2D eigenvalue weighted by Crippen LogP contribution is -2.43. The summed E-state index contributed by atoms with van der Waals surface area (Å²) >= 11 is 2.55. The number of esters is 1. The molecule has 0 aliphatic heterocycles. The summed E-state index contributed by atoms with van der Waals surface area (Å²) in [6, 6.07) is 16.6. The number of aryl methyl sites for hydroxylation is 3. The van der Waals surface area contributed by atoms with Crippen molar-refractivity contribution in [3.63, 3.8) is 0 Å². The Bertz CT molecular complexity index is 2100. The molecule has 0 bridgehead atoms. The second kappa shape index (κ2) is 12.9. The third kappa shape index (κ3) is 6.03. The number of fused-ring (bicyclic) bond motifs is 2. The van der Waals surface area contributed by atoms with E-state index < -0.39 is 15.5 Å². The van der Waals surface area contributed by atoms with Gasteiger partial charge in [0.05, 0.1) is 11.4 Å². The molecule has 5 aromatic rings. The standard InChI is InChI=1S/C37H40N6O4S2/c1-22-15-17-29(27-13-8-6-11-25(22)27)42-24(3)38-40-34(42)49-37(19-10-20-37)33(46)47-21-31-39-41-35(48-36(4,5)32(44)45)43(31)30-18-16-23(2)26-12-7-9-14-28(26)30/h6,8,11,13,15-18H,7,9-10,12,14,19-21H2,1-5H3,(H,44,45). The maximum atomic E-state index is 14.0. The number of carbonyl (C=O) groups is 2. The van der Waals surface area contributed by atoms with E-state index in [1.165, 1.54) is 34.0 Å². The van der Waals surface area contributed by atoms with E-state index in [2.05, 4.69) is 70.6 Å². The van der Waals surface area contributed by atoms with Gasteiger partial charge in [-0.3, -0.25) is 18.7 Å². The first-order valence-corrected chi connectivity index (χ1v) is 18.4. The van der Waals surface area contributed by atoms with Crippen molar-refractivity contribution in [2.24, 2.45) is 0 Å². The maximum absolute atomic E-state index is 14.0. The third-order valence-corrected chi connectivity index (χ3v) is 12.4. The Hall–Kier alpha value is -4.16. The molecule has 0 amide bonds. The summed E-state index contributed by atoms with van der Waals surface area (Å²) in [4.78, 5) is 26.2. The molecule has 0 radical (unpaired) electrons. The number of hydrogen-bond donors (Lipinski definition) is 1. The molecule has 2 aromatic heterocycles. The van der Waals surface area contributed by atoms with Crippen LogP contribution in [0.2, 0.25) is 0 Å². The van der Waals surface area contributed by atoms with Crippen molar-refractivity contribution in [1.29, 1.82) is 0 Å². The predicted molar refractivity (Wildman–Crippen MR) is 191 cm³/mol. The van der Waals surface area contributed by atoms with E-state index in [0.29, 0.717) is 29.0 Å². The Balaban J connectivity index is 1.19. The van der Waals surface area contributed by atoms with Crippen LogP contribution in [0.5, 0.6) is 0 Å². The summed E-state index contributed by atoms with van der Waals surface area (Å²) in [5.74, 6) is -0.0802. The fourth-order valence-electron chi connectivity index (χ4n) is 6.81. The van der Waals surface area contributed by atoms with E-state index in [-0.39, 0.29) is 12.6 Å². The normalized spacial score (nSPS) is 15.5. The predicted octanol–water partition coefficient (Wildman–Crippen LogP) is 7.52. The molecule has 7 rings (SSSR count). The number of carbonyl (C=O) groups excluding carboxylic acids is 1. The van der Waals surface area contributed by atoms with Gasteiger partial charge in [-0.05, 0) is 119 Å². The lowest BCUT2D eigenvalue weighted by molar-refractivity contribution is -0.150. The second-order valence-electron chi connectivity index (χ2n) is 13.6. The number of benzene rings is 3. The van der Waals surface area contributed by atoms with Crippen LogP contribution in [0.25, 0.3) is 22.1 Å². The second-order valence-corrected chi connectivity index (χ2v) is 16.5. The first-order chi connectivity index (χ1) is 23.5. The summed E-state index contributed by atoms with van der Waals surface area (Å²) in [6.07, 6.45) is 6.32. The van der Waals surface area contributed by atoms with Crippen molar-refractivity contribution in [1.82, 2.24) is 29.5 Å². The molecule has 2 aliphatic rings. The molecule has 2 aliphatic carbocycles. The van der Waals surface area contributed by atoms with Crippen LogP contribution in [0.15, 0.2) is 58.8 Å². The zero-order chi connectivity index (χ0) is 34.5. The summed E-state index contributed by atoms with van der Waals surface area (Å²) in [5.41, 5.74) is 6.85. The molecule has 0 spiro atoms. The Kier molecular flexibility index (Phi) is 8.81. The Morgan fingerprint density at radius 2 is 1.49 bits per heavy atom. The highest BCUT2D eigenvalue weighted by Crippen LogP contribution is 2.49. The molecule has 1 N–H and O–H groups in total. The molecular formula is C37H40N6O4S2. The van der Waals surface area contributed by atoms with Gasteiger partial charge in [0, 0.05) is 5.39 Å². The zero-order valence-electron chi connectivity index (χ0n) is 28.4. The Morgan fingerprint density at radius 1 is 0.816 bits per heavy atom. The average molecular weight is 697 g/mol. The average Bonchev–Trinajstić information content (AvgIpc) is 3.63. The highest BCUT2D eigenvalue weighted by atomic mass is 32.2. The maximum Gasteiger partial charge on any atom is 0.323 e. The van der Waals surface area contributed by atoms with Crippen LogP contribution < -0.4 is 0 Å². The lowest BCUT2D eigenvalue weighted by atomic mass is 9.84. The number of ether oxygens (including phenoxy) is 1. The highest BCUT2D eigenvalue weighted by molar-refractivity contribution is 8.01. The van der Waals surface area contributed by atoms with Gasteiger partial charge >= 0.3 is 11.9 Å². The van der Waals surface area contributed by atoms with E-state index in [9.17, 15) is 14.7 Å². The fourth-order valence-corrected chi connectivity index (χ4v) is 9.12. The minimum absolute atomic E-state index is 0.0980. The molecule has 1 saturated carbocycles. The SMILES string of the molecule is Cc1ccc(-n2c(COC(=O)C3(Sc4nnc(C)n4-c4ccc(C)c5ccccc45)CCC3)nnc2SC(C)(C)C(=O)O)c2c1CCCC2. The van der Waals surface area contributed by atoms with E-state index >= 15 is 0 Å². The van der Waals surface area contributed by atoms with Crippen LogP contribution in [0, 0.1) is 20.8 Å². The highest BCUT2D eigenvalue weighted by Gasteiger charge is 2.48. The van der Waals surface area contributed by atoms with Crippen LogP contribution in [0.4, 0.5) is 0 Å². The first kappa shape index (κ1) is 33.3. The van der Waals surface area contributed by atoms with Crippen molar-refractivity contribution in [2.75, 3.05) is 0 Å². The zero-order valence-corrected chi connectivity index (χ0v) is 30.1. The van der Waals surface area contributed by atoms with E-state index in [4.69, 9.17) is 4.74 Å². The van der Waals surface area contributed by atoms with E-state index in [0.717, 1.165) is 71.8 Å². The van der Waals surface area contributed by atoms with Crippen LogP contribution >= 0.6 is 23.5 Å². The number of thioether (sulfide) groups is 2. The molecule has 0 atom stereocenters. The minimum atomic E-state index is -1.15. The topological polar surface area (TPSA) is 125 Å². The first-order valence-electron chi connectivity index (χ1n) is 16.7. The number of aromatic nitrogens is 6. The molecular weight excluding hydrogens is 657 g/mol.